The van der Waals surface area contributed by atoms with Gasteiger partial charge in [0.25, 0.3) is 0 Å². The van der Waals surface area contributed by atoms with Gasteiger partial charge in [0.15, 0.2) is 11.7 Å². The number of phosphoric ester groups is 1. The summed E-state index contributed by atoms with van der Waals surface area (Å²) in [6.45, 7) is -0.656. The second kappa shape index (κ2) is 8.06. The molecule has 3 heterocycles. The quantitative estimate of drug-likeness (QED) is 0.225. The van der Waals surface area contributed by atoms with Crippen molar-refractivity contribution < 1.29 is 33.8 Å². The normalized spacial score (nSPS) is 24.1. The zero-order valence-electron chi connectivity index (χ0n) is 16.3. The number of rotatable bonds is 4. The number of pyridine rings is 1. The minimum atomic E-state index is -4.81. The van der Waals surface area contributed by atoms with Crippen LogP contribution in [0.4, 0.5) is 5.82 Å². The molecule has 13 heteroatoms. The first-order valence-electron chi connectivity index (χ1n) is 9.21. The molecule has 32 heavy (non-hydrogen) atoms. The Morgan fingerprint density at radius 3 is 2.78 bits per heavy atom. The molecular weight excluding hydrogens is 441 g/mol. The zero-order valence-corrected chi connectivity index (χ0v) is 17.2. The SMILES string of the molecule is C#C/N=c1\c2c(N)[nH]c3cc(C#N)ccc3c-2cn1C1OC(COP(=O)(O)O)C(O)C1O. The van der Waals surface area contributed by atoms with Crippen LogP contribution in [-0.2, 0) is 13.8 Å². The summed E-state index contributed by atoms with van der Waals surface area (Å²) in [6.07, 6.45) is 1.54. The fraction of sp³-hybridized carbons (Fsp3) is 0.263. The van der Waals surface area contributed by atoms with Gasteiger partial charge in [0.1, 0.15) is 24.1 Å². The Labute approximate surface area is 180 Å². The van der Waals surface area contributed by atoms with Crippen LogP contribution in [0.2, 0.25) is 0 Å². The predicted octanol–water partition coefficient (Wildman–Crippen LogP) is -0.252. The molecule has 0 radical (unpaired) electrons. The molecule has 1 aromatic rings. The van der Waals surface area contributed by atoms with Crippen molar-refractivity contribution in [3.8, 4) is 29.7 Å². The highest BCUT2D eigenvalue weighted by Gasteiger charge is 2.45. The Kier molecular flexibility index (Phi) is 5.54. The third-order valence-electron chi connectivity index (χ3n) is 5.17. The van der Waals surface area contributed by atoms with Crippen LogP contribution in [-0.4, -0.2) is 54.5 Å². The van der Waals surface area contributed by atoms with Gasteiger partial charge in [-0.1, -0.05) is 12.5 Å². The lowest BCUT2D eigenvalue weighted by Crippen LogP contribution is -2.35. The molecule has 7 N–H and O–H groups in total. The second-order valence-electron chi connectivity index (χ2n) is 7.13. The molecule has 0 aromatic heterocycles. The molecule has 0 saturated carbocycles. The number of benzene rings is 1. The van der Waals surface area contributed by atoms with Gasteiger partial charge >= 0.3 is 7.82 Å². The number of terminal acetylenes is 1. The van der Waals surface area contributed by atoms with E-state index in [2.05, 4.69) is 20.5 Å². The molecule has 1 saturated heterocycles. The highest BCUT2D eigenvalue weighted by atomic mass is 31.2. The molecule has 166 valence electrons. The van der Waals surface area contributed by atoms with E-state index in [9.17, 15) is 14.8 Å². The summed E-state index contributed by atoms with van der Waals surface area (Å²) >= 11 is 0. The maximum atomic E-state index is 11.0. The van der Waals surface area contributed by atoms with Crippen LogP contribution < -0.4 is 11.2 Å². The third kappa shape index (κ3) is 3.77. The number of hydrogen-bond donors (Lipinski definition) is 6. The van der Waals surface area contributed by atoms with Crippen molar-refractivity contribution >= 4 is 24.5 Å². The van der Waals surface area contributed by atoms with E-state index in [-0.39, 0.29) is 11.3 Å². The highest BCUT2D eigenvalue weighted by molar-refractivity contribution is 7.46. The average molecular weight is 459 g/mol. The number of aromatic amines is 1. The summed E-state index contributed by atoms with van der Waals surface area (Å²) in [7, 11) is -4.81. The maximum Gasteiger partial charge on any atom is 0.469 e. The molecule has 0 aliphatic carbocycles. The number of nitrogens with two attached hydrogens (primary N) is 1. The van der Waals surface area contributed by atoms with Gasteiger partial charge in [0.05, 0.1) is 23.8 Å². The van der Waals surface area contributed by atoms with Gasteiger partial charge < -0.3 is 40.0 Å². The Morgan fingerprint density at radius 1 is 1.38 bits per heavy atom. The van der Waals surface area contributed by atoms with E-state index in [0.29, 0.717) is 27.6 Å². The maximum absolute atomic E-state index is 11.0. The number of aromatic nitrogens is 2. The van der Waals surface area contributed by atoms with Crippen LogP contribution in [0.3, 0.4) is 0 Å². The van der Waals surface area contributed by atoms with Gasteiger partial charge in [-0.2, -0.15) is 10.3 Å². The van der Waals surface area contributed by atoms with E-state index >= 15 is 0 Å². The topological polar surface area (TPSA) is 199 Å². The second-order valence-corrected chi connectivity index (χ2v) is 8.37. The van der Waals surface area contributed by atoms with E-state index in [1.807, 2.05) is 6.07 Å². The number of nitrogens with one attached hydrogen (secondary N) is 1. The number of aliphatic hydroxyl groups is 2. The van der Waals surface area contributed by atoms with Gasteiger partial charge in [0.2, 0.25) is 0 Å². The first-order valence-corrected chi connectivity index (χ1v) is 10.7. The molecule has 12 nitrogen and oxygen atoms in total. The Balaban J connectivity index is 1.86. The molecule has 1 fully saturated rings. The van der Waals surface area contributed by atoms with E-state index in [1.165, 1.54) is 4.57 Å². The fourth-order valence-electron chi connectivity index (χ4n) is 3.78. The number of H-pyrrole nitrogens is 1. The molecule has 4 unspecified atom stereocenters. The number of phosphoric acid groups is 1. The number of nitrogens with zero attached hydrogens (tertiary/aromatic N) is 3. The minimum absolute atomic E-state index is 0.162. The Morgan fingerprint density at radius 2 is 2.12 bits per heavy atom. The van der Waals surface area contributed by atoms with Crippen LogP contribution in [0.5, 0.6) is 0 Å². The van der Waals surface area contributed by atoms with Crippen molar-refractivity contribution in [3.05, 3.63) is 35.4 Å². The van der Waals surface area contributed by atoms with E-state index < -0.39 is 39.0 Å². The number of fused-ring (bicyclic) bond motifs is 3. The van der Waals surface area contributed by atoms with Crippen molar-refractivity contribution in [1.82, 2.24) is 9.55 Å². The van der Waals surface area contributed by atoms with Crippen LogP contribution in [0.25, 0.3) is 22.0 Å². The van der Waals surface area contributed by atoms with E-state index in [0.717, 1.165) is 0 Å². The van der Waals surface area contributed by atoms with Gasteiger partial charge in [-0.3, -0.25) is 4.52 Å². The van der Waals surface area contributed by atoms with Crippen LogP contribution in [0.1, 0.15) is 11.8 Å². The van der Waals surface area contributed by atoms with E-state index in [1.54, 1.807) is 24.4 Å². The van der Waals surface area contributed by atoms with Crippen LogP contribution in [0, 0.1) is 23.8 Å². The van der Waals surface area contributed by atoms with E-state index in [4.69, 9.17) is 31.9 Å². The minimum Gasteiger partial charge on any atom is -0.387 e. The largest absolute Gasteiger partial charge is 0.469 e. The number of aliphatic hydroxyl groups excluding tert-OH is 2. The van der Waals surface area contributed by atoms with Crippen molar-refractivity contribution in [2.24, 2.45) is 4.99 Å². The molecule has 3 aliphatic rings. The molecule has 3 aliphatic heterocycles. The number of nitrogen functional groups attached to an aromatic ring is 1. The molecule has 4 atom stereocenters. The summed E-state index contributed by atoms with van der Waals surface area (Å²) in [5.74, 6) is 0.199. The standard InChI is InChI=1S/C19H18N5O7P/c1-2-22-18-14-11(10-4-3-9(6-20)5-12(10)23-17(14)21)7-24(18)19-16(26)15(25)13(31-19)8-30-32(27,28)29/h1,3-5,7,13,15-16,19,23,25-26H,8,21H2,(H2,27,28,29)/b22-18+. The molecular formula is C19H18N5O7P. The number of anilines is 1. The average Bonchev–Trinajstić information content (AvgIpc) is 3.24. The van der Waals surface area contributed by atoms with Crippen molar-refractivity contribution in [2.75, 3.05) is 12.3 Å². The van der Waals surface area contributed by atoms with Crippen molar-refractivity contribution in [1.29, 1.82) is 5.26 Å². The van der Waals surface area contributed by atoms with Gasteiger partial charge in [-0.15, -0.1) is 0 Å². The smallest absolute Gasteiger partial charge is 0.387 e. The first-order chi connectivity index (χ1) is 15.1. The van der Waals surface area contributed by atoms with Crippen molar-refractivity contribution in [3.63, 3.8) is 0 Å². The Bertz CT molecular complexity index is 1360. The lowest BCUT2D eigenvalue weighted by atomic mass is 10.0. The lowest BCUT2D eigenvalue weighted by Gasteiger charge is -2.16. The zero-order chi connectivity index (χ0) is 23.2. The lowest BCUT2D eigenvalue weighted by molar-refractivity contribution is -0.0533. The summed E-state index contributed by atoms with van der Waals surface area (Å²) in [5.41, 5.74) is 8.39. The molecule has 0 bridgehead atoms. The van der Waals surface area contributed by atoms with Gasteiger partial charge in [-0.05, 0) is 12.1 Å². The summed E-state index contributed by atoms with van der Waals surface area (Å²) in [5, 5.41) is 30.7. The number of ether oxygens (including phenoxy) is 1. The third-order valence-corrected chi connectivity index (χ3v) is 5.66. The summed E-state index contributed by atoms with van der Waals surface area (Å²) in [6, 6.07) is 9.18. The number of nitriles is 1. The molecule has 0 spiro atoms. The number of hydrogen-bond acceptors (Lipinski definition) is 8. The van der Waals surface area contributed by atoms with Crippen LogP contribution >= 0.6 is 7.82 Å². The monoisotopic (exact) mass is 459 g/mol. The molecule has 4 rings (SSSR count). The first kappa shape index (κ1) is 22.0. The summed E-state index contributed by atoms with van der Waals surface area (Å²) < 4.78 is 22.4. The molecule has 1 aromatic carbocycles. The molecule has 0 amide bonds. The predicted molar refractivity (Wildman–Crippen MR) is 110 cm³/mol. The summed E-state index contributed by atoms with van der Waals surface area (Å²) in [4.78, 5) is 24.8. The van der Waals surface area contributed by atoms with Crippen molar-refractivity contribution in [2.45, 2.75) is 24.5 Å². The van der Waals surface area contributed by atoms with Gasteiger partial charge in [0, 0.05) is 28.7 Å². The Hall–Kier alpha value is -3.19. The van der Waals surface area contributed by atoms with Crippen LogP contribution in [0.15, 0.2) is 29.4 Å². The highest BCUT2D eigenvalue weighted by Crippen LogP contribution is 2.39. The van der Waals surface area contributed by atoms with Gasteiger partial charge in [-0.25, -0.2) is 4.57 Å². The fourth-order valence-corrected chi connectivity index (χ4v) is 4.12.